The Morgan fingerprint density at radius 1 is 1.30 bits per heavy atom. The van der Waals surface area contributed by atoms with E-state index in [1.165, 1.54) is 18.2 Å². The normalized spacial score (nSPS) is 10.3. The van der Waals surface area contributed by atoms with E-state index < -0.39 is 4.92 Å². The van der Waals surface area contributed by atoms with Crippen molar-refractivity contribution in [2.24, 2.45) is 0 Å². The predicted molar refractivity (Wildman–Crippen MR) is 78.0 cm³/mol. The van der Waals surface area contributed by atoms with Gasteiger partial charge in [-0.2, -0.15) is 0 Å². The smallest absolute Gasteiger partial charge is 0.276 e. The van der Waals surface area contributed by atoms with Crippen molar-refractivity contribution >= 4 is 23.0 Å². The molecule has 2 aromatic rings. The molecule has 0 amide bonds. The maximum absolute atomic E-state index is 10.9. The van der Waals surface area contributed by atoms with Gasteiger partial charge in [0.2, 0.25) is 0 Å². The number of hydrogen-bond acceptors (Lipinski definition) is 4. The number of aryl methyl sites for hydroxylation is 1. The van der Waals surface area contributed by atoms with Gasteiger partial charge in [-0.25, -0.2) is 0 Å². The summed E-state index contributed by atoms with van der Waals surface area (Å²) in [6.45, 7) is 1.93. The highest BCUT2D eigenvalue weighted by Crippen LogP contribution is 2.26. The molecule has 0 aliphatic heterocycles. The summed E-state index contributed by atoms with van der Waals surface area (Å²) in [7, 11) is 0. The van der Waals surface area contributed by atoms with Crippen LogP contribution in [0.25, 0.3) is 0 Å². The minimum atomic E-state index is -0.454. The van der Waals surface area contributed by atoms with Crippen LogP contribution in [-0.4, -0.2) is 4.92 Å². The van der Waals surface area contributed by atoms with Crippen molar-refractivity contribution in [1.82, 2.24) is 0 Å². The minimum Gasteiger partial charge on any atom is -0.488 e. The highest BCUT2D eigenvalue weighted by Gasteiger charge is 2.14. The summed E-state index contributed by atoms with van der Waals surface area (Å²) in [6, 6.07) is 9.62. The van der Waals surface area contributed by atoms with Gasteiger partial charge in [-0.1, -0.05) is 11.6 Å². The zero-order valence-electron chi connectivity index (χ0n) is 10.8. The Kier molecular flexibility index (Phi) is 4.10. The van der Waals surface area contributed by atoms with Gasteiger partial charge in [0.15, 0.2) is 0 Å². The van der Waals surface area contributed by atoms with Crippen molar-refractivity contribution in [3.8, 4) is 5.75 Å². The molecule has 0 saturated carbocycles. The Morgan fingerprint density at radius 2 is 2.05 bits per heavy atom. The number of nitro groups is 1. The highest BCUT2D eigenvalue weighted by atomic mass is 35.5. The molecule has 0 fully saturated rings. The Hall–Kier alpha value is -2.27. The molecular weight excluding hydrogens is 280 g/mol. The zero-order chi connectivity index (χ0) is 14.7. The van der Waals surface area contributed by atoms with Crippen LogP contribution in [-0.2, 0) is 6.61 Å². The van der Waals surface area contributed by atoms with Gasteiger partial charge < -0.3 is 10.5 Å². The molecule has 0 saturated heterocycles. The zero-order valence-corrected chi connectivity index (χ0v) is 11.6. The number of nitrogens with zero attached hydrogens (tertiary/aromatic N) is 1. The van der Waals surface area contributed by atoms with Crippen LogP contribution in [0.5, 0.6) is 5.75 Å². The number of anilines is 1. The molecule has 20 heavy (non-hydrogen) atoms. The van der Waals surface area contributed by atoms with Gasteiger partial charge in [-0.15, -0.1) is 0 Å². The lowest BCUT2D eigenvalue weighted by molar-refractivity contribution is -0.385. The fourth-order valence-corrected chi connectivity index (χ4v) is 2.03. The van der Waals surface area contributed by atoms with E-state index in [9.17, 15) is 10.1 Å². The standard InChI is InChI=1S/C14H13ClN2O3/c1-9-6-12(16)3-5-14(9)20-8-10-7-11(15)2-4-13(10)17(18)19/h2-7H,8,16H2,1H3. The van der Waals surface area contributed by atoms with Gasteiger partial charge in [-0.05, 0) is 42.8 Å². The lowest BCUT2D eigenvalue weighted by Gasteiger charge is -2.10. The molecule has 6 heteroatoms. The van der Waals surface area contributed by atoms with Crippen LogP contribution >= 0.6 is 11.6 Å². The van der Waals surface area contributed by atoms with Gasteiger partial charge in [0.25, 0.3) is 5.69 Å². The van der Waals surface area contributed by atoms with E-state index in [2.05, 4.69) is 0 Å². The second-order valence-electron chi connectivity index (χ2n) is 4.34. The second kappa shape index (κ2) is 5.79. The maximum atomic E-state index is 10.9. The molecule has 0 aliphatic carbocycles. The van der Waals surface area contributed by atoms with E-state index in [1.54, 1.807) is 18.2 Å². The average molecular weight is 293 g/mol. The molecule has 0 bridgehead atoms. The first-order valence-corrected chi connectivity index (χ1v) is 6.27. The van der Waals surface area contributed by atoms with Crippen LogP contribution in [0.2, 0.25) is 5.02 Å². The third kappa shape index (κ3) is 3.19. The molecule has 0 unspecified atom stereocenters. The van der Waals surface area contributed by atoms with E-state index in [4.69, 9.17) is 22.1 Å². The number of halogens is 1. The van der Waals surface area contributed by atoms with Crippen LogP contribution in [0, 0.1) is 17.0 Å². The molecule has 0 aliphatic rings. The van der Waals surface area contributed by atoms with Gasteiger partial charge >= 0.3 is 0 Å². The van der Waals surface area contributed by atoms with Crippen molar-refractivity contribution < 1.29 is 9.66 Å². The van der Waals surface area contributed by atoms with Gasteiger partial charge in [-0.3, -0.25) is 10.1 Å². The fraction of sp³-hybridized carbons (Fsp3) is 0.143. The molecular formula is C14H13ClN2O3. The van der Waals surface area contributed by atoms with E-state index in [0.29, 0.717) is 22.0 Å². The van der Waals surface area contributed by atoms with Crippen molar-refractivity contribution in [2.75, 3.05) is 5.73 Å². The quantitative estimate of drug-likeness (QED) is 0.529. The Morgan fingerprint density at radius 3 is 2.70 bits per heavy atom. The molecule has 104 valence electrons. The second-order valence-corrected chi connectivity index (χ2v) is 4.78. The first-order valence-electron chi connectivity index (χ1n) is 5.89. The largest absolute Gasteiger partial charge is 0.488 e. The molecule has 0 radical (unpaired) electrons. The molecule has 2 aromatic carbocycles. The van der Waals surface area contributed by atoms with E-state index in [-0.39, 0.29) is 12.3 Å². The fourth-order valence-electron chi connectivity index (χ4n) is 1.84. The molecule has 0 spiro atoms. The minimum absolute atomic E-state index is 0.0116. The van der Waals surface area contributed by atoms with E-state index in [1.807, 2.05) is 6.92 Å². The molecule has 0 heterocycles. The first-order chi connectivity index (χ1) is 9.47. The number of nitro benzene ring substituents is 1. The van der Waals surface area contributed by atoms with Crippen LogP contribution < -0.4 is 10.5 Å². The molecule has 0 aromatic heterocycles. The van der Waals surface area contributed by atoms with E-state index >= 15 is 0 Å². The van der Waals surface area contributed by atoms with Crippen molar-refractivity contribution in [3.05, 3.63) is 62.7 Å². The van der Waals surface area contributed by atoms with Gasteiger partial charge in [0, 0.05) is 16.8 Å². The Balaban J connectivity index is 2.22. The summed E-state index contributed by atoms with van der Waals surface area (Å²) in [5.74, 6) is 0.633. The summed E-state index contributed by atoms with van der Waals surface area (Å²) >= 11 is 5.86. The number of benzene rings is 2. The number of nitrogen functional groups attached to an aromatic ring is 1. The topological polar surface area (TPSA) is 78.4 Å². The van der Waals surface area contributed by atoms with Crippen LogP contribution in [0.4, 0.5) is 11.4 Å². The molecule has 2 rings (SSSR count). The van der Waals surface area contributed by atoms with Gasteiger partial charge in [0.05, 0.1) is 10.5 Å². The van der Waals surface area contributed by atoms with Crippen molar-refractivity contribution in [2.45, 2.75) is 13.5 Å². The summed E-state index contributed by atoms with van der Waals surface area (Å²) in [6.07, 6.45) is 0. The SMILES string of the molecule is Cc1cc(N)ccc1OCc1cc(Cl)ccc1[N+](=O)[O-]. The van der Waals surface area contributed by atoms with Crippen molar-refractivity contribution in [1.29, 1.82) is 0 Å². The first kappa shape index (κ1) is 14.1. The summed E-state index contributed by atoms with van der Waals surface area (Å²) < 4.78 is 5.61. The van der Waals surface area contributed by atoms with Gasteiger partial charge in [0.1, 0.15) is 12.4 Å². The predicted octanol–water partition coefficient (Wildman–Crippen LogP) is 3.72. The monoisotopic (exact) mass is 292 g/mol. The van der Waals surface area contributed by atoms with Crippen LogP contribution in [0.15, 0.2) is 36.4 Å². The third-order valence-corrected chi connectivity index (χ3v) is 3.06. The number of rotatable bonds is 4. The molecule has 2 N–H and O–H groups in total. The maximum Gasteiger partial charge on any atom is 0.276 e. The third-order valence-electron chi connectivity index (χ3n) is 2.82. The average Bonchev–Trinajstić information content (AvgIpc) is 2.37. The lowest BCUT2D eigenvalue weighted by Crippen LogP contribution is -2.01. The molecule has 5 nitrogen and oxygen atoms in total. The van der Waals surface area contributed by atoms with Crippen LogP contribution in [0.1, 0.15) is 11.1 Å². The number of nitrogens with two attached hydrogens (primary N) is 1. The molecule has 0 atom stereocenters. The number of hydrogen-bond donors (Lipinski definition) is 1. The van der Waals surface area contributed by atoms with Crippen molar-refractivity contribution in [3.63, 3.8) is 0 Å². The van der Waals surface area contributed by atoms with E-state index in [0.717, 1.165) is 5.56 Å². The Bertz CT molecular complexity index is 659. The highest BCUT2D eigenvalue weighted by molar-refractivity contribution is 6.30. The summed E-state index contributed by atoms with van der Waals surface area (Å²) in [5.41, 5.74) is 7.59. The number of ether oxygens (including phenoxy) is 1. The van der Waals surface area contributed by atoms with Crippen LogP contribution in [0.3, 0.4) is 0 Å². The lowest BCUT2D eigenvalue weighted by atomic mass is 10.2. The summed E-state index contributed by atoms with van der Waals surface area (Å²) in [4.78, 5) is 10.5. The Labute approximate surface area is 121 Å². The summed E-state index contributed by atoms with van der Waals surface area (Å²) in [5, 5.41) is 11.4.